The Morgan fingerprint density at radius 3 is 2.72 bits per heavy atom. The van der Waals surface area contributed by atoms with Crippen LogP contribution in [0.4, 0.5) is 5.82 Å². The Morgan fingerprint density at radius 1 is 1.20 bits per heavy atom. The fourth-order valence-electron chi connectivity index (χ4n) is 2.73. The second-order valence-electron chi connectivity index (χ2n) is 6.10. The van der Waals surface area contributed by atoms with E-state index in [1.165, 1.54) is 0 Å². The number of para-hydroxylation sites is 1. The molecule has 0 amide bonds. The predicted molar refractivity (Wildman–Crippen MR) is 103 cm³/mol. The van der Waals surface area contributed by atoms with Crippen molar-refractivity contribution >= 4 is 28.3 Å². The minimum atomic E-state index is 0.0572. The van der Waals surface area contributed by atoms with E-state index in [9.17, 15) is 5.11 Å². The lowest BCUT2D eigenvalue weighted by molar-refractivity contribution is 0.477. The highest BCUT2D eigenvalue weighted by molar-refractivity contribution is 6.30. The molecule has 1 unspecified atom stereocenters. The SMILES string of the molecule is CCC(N)CN(C)c1nc(-c2cc(Cl)ccc2O)nc2ccccc12. The average molecular weight is 357 g/mol. The molecule has 0 bridgehead atoms. The summed E-state index contributed by atoms with van der Waals surface area (Å²) in [5.41, 5.74) is 7.42. The van der Waals surface area contributed by atoms with Crippen molar-refractivity contribution in [1.29, 1.82) is 0 Å². The average Bonchev–Trinajstić information content (AvgIpc) is 2.62. The van der Waals surface area contributed by atoms with Crippen LogP contribution >= 0.6 is 11.6 Å². The second-order valence-corrected chi connectivity index (χ2v) is 6.53. The van der Waals surface area contributed by atoms with Crippen molar-refractivity contribution in [3.63, 3.8) is 0 Å². The zero-order valence-corrected chi connectivity index (χ0v) is 15.0. The van der Waals surface area contributed by atoms with Gasteiger partial charge in [-0.15, -0.1) is 0 Å². The van der Waals surface area contributed by atoms with Crippen molar-refractivity contribution in [1.82, 2.24) is 9.97 Å². The van der Waals surface area contributed by atoms with E-state index < -0.39 is 0 Å². The Morgan fingerprint density at radius 2 is 1.96 bits per heavy atom. The van der Waals surface area contributed by atoms with Crippen LogP contribution in [0.5, 0.6) is 5.75 Å². The number of rotatable bonds is 5. The fourth-order valence-corrected chi connectivity index (χ4v) is 2.90. The molecule has 5 nitrogen and oxygen atoms in total. The molecule has 25 heavy (non-hydrogen) atoms. The number of hydrogen-bond donors (Lipinski definition) is 2. The summed E-state index contributed by atoms with van der Waals surface area (Å²) in [4.78, 5) is 11.3. The number of phenolic OH excluding ortho intramolecular Hbond substituents is 1. The molecule has 0 aliphatic rings. The number of nitrogens with two attached hydrogens (primary N) is 1. The van der Waals surface area contributed by atoms with E-state index in [4.69, 9.17) is 22.3 Å². The lowest BCUT2D eigenvalue weighted by Crippen LogP contribution is -2.35. The summed E-state index contributed by atoms with van der Waals surface area (Å²) < 4.78 is 0. The molecule has 0 saturated carbocycles. The number of likely N-dealkylation sites (N-methyl/N-ethyl adjacent to an activating group) is 1. The Kier molecular flexibility index (Phi) is 5.06. The topological polar surface area (TPSA) is 75.3 Å². The van der Waals surface area contributed by atoms with Crippen LogP contribution in [0.3, 0.4) is 0 Å². The molecule has 6 heteroatoms. The van der Waals surface area contributed by atoms with E-state index in [0.29, 0.717) is 23.0 Å². The van der Waals surface area contributed by atoms with Crippen LogP contribution in [-0.2, 0) is 0 Å². The van der Waals surface area contributed by atoms with Crippen LogP contribution in [0.25, 0.3) is 22.3 Å². The van der Waals surface area contributed by atoms with Crippen LogP contribution < -0.4 is 10.6 Å². The summed E-state index contributed by atoms with van der Waals surface area (Å²) in [6, 6.07) is 12.7. The molecule has 0 aliphatic carbocycles. The quantitative estimate of drug-likeness (QED) is 0.726. The van der Waals surface area contributed by atoms with Gasteiger partial charge in [-0.25, -0.2) is 9.97 Å². The Hall–Kier alpha value is -2.37. The number of benzene rings is 2. The molecular formula is C19H21ClN4O. The van der Waals surface area contributed by atoms with Crippen LogP contribution in [0.1, 0.15) is 13.3 Å². The maximum atomic E-state index is 10.2. The Balaban J connectivity index is 2.17. The van der Waals surface area contributed by atoms with Gasteiger partial charge in [-0.05, 0) is 36.8 Å². The summed E-state index contributed by atoms with van der Waals surface area (Å²) in [7, 11) is 1.96. The highest BCUT2D eigenvalue weighted by Gasteiger charge is 2.16. The molecule has 0 radical (unpaired) electrons. The minimum absolute atomic E-state index is 0.0572. The third-order valence-corrected chi connectivity index (χ3v) is 4.41. The van der Waals surface area contributed by atoms with Crippen molar-refractivity contribution in [2.24, 2.45) is 5.73 Å². The molecule has 1 atom stereocenters. The molecule has 3 aromatic rings. The smallest absolute Gasteiger partial charge is 0.165 e. The standard InChI is InChI=1S/C19H21ClN4O/c1-3-13(21)11-24(2)19-14-6-4-5-7-16(14)22-18(23-19)15-10-12(20)8-9-17(15)25/h4-10,13,25H,3,11,21H2,1-2H3. The van der Waals surface area contributed by atoms with Crippen molar-refractivity contribution in [2.75, 3.05) is 18.5 Å². The molecule has 130 valence electrons. The molecule has 0 fully saturated rings. The largest absolute Gasteiger partial charge is 0.507 e. The van der Waals surface area contributed by atoms with Crippen LogP contribution in [0.2, 0.25) is 5.02 Å². The summed E-state index contributed by atoms with van der Waals surface area (Å²) in [6.45, 7) is 2.74. The van der Waals surface area contributed by atoms with E-state index in [0.717, 1.165) is 23.1 Å². The monoisotopic (exact) mass is 356 g/mol. The van der Waals surface area contributed by atoms with Crippen molar-refractivity contribution < 1.29 is 5.11 Å². The van der Waals surface area contributed by atoms with Gasteiger partial charge in [-0.1, -0.05) is 30.7 Å². The van der Waals surface area contributed by atoms with Gasteiger partial charge in [0.05, 0.1) is 11.1 Å². The Bertz CT molecular complexity index is 900. The first-order chi connectivity index (χ1) is 12.0. The summed E-state index contributed by atoms with van der Waals surface area (Å²) >= 11 is 6.08. The van der Waals surface area contributed by atoms with E-state index in [1.807, 2.05) is 36.2 Å². The van der Waals surface area contributed by atoms with E-state index in [2.05, 4.69) is 11.9 Å². The highest BCUT2D eigenvalue weighted by Crippen LogP contribution is 2.33. The number of fused-ring (bicyclic) bond motifs is 1. The minimum Gasteiger partial charge on any atom is -0.507 e. The zero-order chi connectivity index (χ0) is 18.0. The number of phenols is 1. The maximum absolute atomic E-state index is 10.2. The van der Waals surface area contributed by atoms with Gasteiger partial charge in [0.2, 0.25) is 0 Å². The lowest BCUT2D eigenvalue weighted by Gasteiger charge is -2.23. The van der Waals surface area contributed by atoms with Crippen LogP contribution in [0.15, 0.2) is 42.5 Å². The summed E-state index contributed by atoms with van der Waals surface area (Å²) in [6.07, 6.45) is 0.884. The normalized spacial score (nSPS) is 12.3. The first-order valence-electron chi connectivity index (χ1n) is 8.22. The van der Waals surface area contributed by atoms with E-state index in [-0.39, 0.29) is 11.8 Å². The molecular weight excluding hydrogens is 336 g/mol. The summed E-state index contributed by atoms with van der Waals surface area (Å²) in [5.74, 6) is 1.31. The molecule has 3 N–H and O–H groups in total. The van der Waals surface area contributed by atoms with E-state index in [1.54, 1.807) is 18.2 Å². The first-order valence-corrected chi connectivity index (χ1v) is 8.59. The third-order valence-electron chi connectivity index (χ3n) is 4.18. The Labute approximate surface area is 152 Å². The second kappa shape index (κ2) is 7.25. The number of aromatic hydroxyl groups is 1. The number of anilines is 1. The molecule has 0 spiro atoms. The number of halogens is 1. The zero-order valence-electron chi connectivity index (χ0n) is 14.3. The van der Waals surface area contributed by atoms with Crippen LogP contribution in [0, 0.1) is 0 Å². The van der Waals surface area contributed by atoms with Gasteiger partial charge in [0.1, 0.15) is 11.6 Å². The van der Waals surface area contributed by atoms with Crippen molar-refractivity contribution in [3.05, 3.63) is 47.5 Å². The van der Waals surface area contributed by atoms with Gasteiger partial charge >= 0.3 is 0 Å². The predicted octanol–water partition coefficient (Wildman–Crippen LogP) is 3.83. The number of nitrogens with zero attached hydrogens (tertiary/aromatic N) is 3. The van der Waals surface area contributed by atoms with Crippen molar-refractivity contribution in [2.45, 2.75) is 19.4 Å². The molecule has 0 saturated heterocycles. The molecule has 3 rings (SSSR count). The van der Waals surface area contributed by atoms with Gasteiger partial charge in [-0.2, -0.15) is 0 Å². The first kappa shape index (κ1) is 17.5. The third kappa shape index (κ3) is 3.67. The van der Waals surface area contributed by atoms with Gasteiger partial charge < -0.3 is 15.7 Å². The van der Waals surface area contributed by atoms with Gasteiger partial charge in [0, 0.05) is 30.0 Å². The summed E-state index contributed by atoms with van der Waals surface area (Å²) in [5, 5.41) is 11.7. The molecule has 2 aromatic carbocycles. The van der Waals surface area contributed by atoms with Gasteiger partial charge in [0.15, 0.2) is 5.82 Å². The number of aromatic nitrogens is 2. The van der Waals surface area contributed by atoms with Crippen molar-refractivity contribution in [3.8, 4) is 17.1 Å². The van der Waals surface area contributed by atoms with Gasteiger partial charge in [-0.3, -0.25) is 0 Å². The molecule has 0 aliphatic heterocycles. The van der Waals surface area contributed by atoms with Crippen LogP contribution in [-0.4, -0.2) is 34.7 Å². The highest BCUT2D eigenvalue weighted by atomic mass is 35.5. The molecule has 1 heterocycles. The molecule has 1 aromatic heterocycles. The van der Waals surface area contributed by atoms with Gasteiger partial charge in [0.25, 0.3) is 0 Å². The fraction of sp³-hybridized carbons (Fsp3) is 0.263. The maximum Gasteiger partial charge on any atom is 0.165 e. The number of hydrogen-bond acceptors (Lipinski definition) is 5. The van der Waals surface area contributed by atoms with E-state index >= 15 is 0 Å². The lowest BCUT2D eigenvalue weighted by atomic mass is 10.1.